The van der Waals surface area contributed by atoms with Crippen molar-refractivity contribution in [3.63, 3.8) is 0 Å². The first-order valence-corrected chi connectivity index (χ1v) is 9.06. The van der Waals surface area contributed by atoms with E-state index in [1.807, 2.05) is 0 Å². The van der Waals surface area contributed by atoms with Gasteiger partial charge >= 0.3 is 0 Å². The van der Waals surface area contributed by atoms with Gasteiger partial charge in [-0.25, -0.2) is 12.8 Å². The van der Waals surface area contributed by atoms with Crippen LogP contribution in [0.25, 0.3) is 0 Å². The van der Waals surface area contributed by atoms with Gasteiger partial charge in [0.2, 0.25) is 0 Å². The molecule has 0 radical (unpaired) electrons. The summed E-state index contributed by atoms with van der Waals surface area (Å²) in [6.45, 7) is -0.139. The van der Waals surface area contributed by atoms with Crippen molar-refractivity contribution >= 4 is 47.3 Å². The molecule has 2 rings (SSSR count). The molecule has 8 heteroatoms. The molecular formula is C13H8BrCl2FO3S. The van der Waals surface area contributed by atoms with E-state index in [-0.39, 0.29) is 27.8 Å². The molecule has 0 heterocycles. The molecule has 0 aliphatic heterocycles. The summed E-state index contributed by atoms with van der Waals surface area (Å²) in [4.78, 5) is -0.255. The van der Waals surface area contributed by atoms with Gasteiger partial charge in [-0.15, -0.1) is 0 Å². The molecule has 0 saturated heterocycles. The van der Waals surface area contributed by atoms with E-state index in [0.717, 1.165) is 0 Å². The van der Waals surface area contributed by atoms with Gasteiger partial charge in [0.15, 0.2) is 0 Å². The Labute approximate surface area is 139 Å². The van der Waals surface area contributed by atoms with E-state index in [2.05, 4.69) is 15.9 Å². The van der Waals surface area contributed by atoms with Gasteiger partial charge in [0.25, 0.3) is 9.05 Å². The molecule has 0 aliphatic carbocycles. The zero-order valence-electron chi connectivity index (χ0n) is 10.3. The van der Waals surface area contributed by atoms with Crippen molar-refractivity contribution in [2.75, 3.05) is 0 Å². The number of hydrogen-bond acceptors (Lipinski definition) is 3. The first-order chi connectivity index (χ1) is 9.77. The summed E-state index contributed by atoms with van der Waals surface area (Å²) >= 11 is 8.88. The molecule has 21 heavy (non-hydrogen) atoms. The Morgan fingerprint density at radius 3 is 2.52 bits per heavy atom. The molecule has 0 atom stereocenters. The van der Waals surface area contributed by atoms with Crippen molar-refractivity contribution < 1.29 is 17.5 Å². The van der Waals surface area contributed by atoms with Crippen molar-refractivity contribution in [2.24, 2.45) is 0 Å². The Morgan fingerprint density at radius 1 is 1.19 bits per heavy atom. The van der Waals surface area contributed by atoms with Crippen molar-refractivity contribution in [2.45, 2.75) is 11.5 Å². The summed E-state index contributed by atoms with van der Waals surface area (Å²) in [6, 6.07) is 8.48. The van der Waals surface area contributed by atoms with Crippen LogP contribution in [-0.4, -0.2) is 8.42 Å². The van der Waals surface area contributed by atoms with Gasteiger partial charge in [0, 0.05) is 25.7 Å². The number of hydrogen-bond donors (Lipinski definition) is 0. The van der Waals surface area contributed by atoms with Crippen molar-refractivity contribution in [3.8, 4) is 5.75 Å². The zero-order valence-corrected chi connectivity index (χ0v) is 14.2. The molecule has 2 aromatic rings. The highest BCUT2D eigenvalue weighted by Gasteiger charge is 2.18. The third-order valence-corrected chi connectivity index (χ3v) is 4.64. The minimum Gasteiger partial charge on any atom is -0.487 e. The molecule has 0 aliphatic rings. The van der Waals surface area contributed by atoms with Crippen molar-refractivity contribution in [1.29, 1.82) is 0 Å². The van der Waals surface area contributed by atoms with E-state index < -0.39 is 14.9 Å². The molecule has 0 N–H and O–H groups in total. The van der Waals surface area contributed by atoms with Crippen LogP contribution in [0, 0.1) is 5.82 Å². The van der Waals surface area contributed by atoms with Crippen LogP contribution in [0.5, 0.6) is 5.75 Å². The monoisotopic (exact) mass is 412 g/mol. The fourth-order valence-corrected chi connectivity index (χ4v) is 3.15. The second-order valence-corrected chi connectivity index (χ2v) is 7.94. The Balaban J connectivity index is 2.28. The standard InChI is InChI=1S/C13H8BrCl2FO3S/c14-9-2-1-8(11(17)5-9)7-20-12-4-3-10(15)6-13(12)21(16,18)19/h1-6H,7H2. The molecule has 0 fully saturated rings. The number of ether oxygens (including phenoxy) is 1. The number of halogens is 4. The quantitative estimate of drug-likeness (QED) is 0.679. The second kappa shape index (κ2) is 6.52. The van der Waals surface area contributed by atoms with Crippen LogP contribution in [0.15, 0.2) is 45.8 Å². The Hall–Kier alpha value is -0.820. The fraction of sp³-hybridized carbons (Fsp3) is 0.0769. The lowest BCUT2D eigenvalue weighted by Gasteiger charge is -2.10. The molecule has 2 aromatic carbocycles. The van der Waals surface area contributed by atoms with Crippen LogP contribution in [0.2, 0.25) is 5.02 Å². The Morgan fingerprint density at radius 2 is 1.90 bits per heavy atom. The predicted octanol–water partition coefficient (Wildman–Crippen LogP) is 4.75. The third-order valence-electron chi connectivity index (χ3n) is 2.57. The van der Waals surface area contributed by atoms with Crippen LogP contribution in [0.3, 0.4) is 0 Å². The lowest BCUT2D eigenvalue weighted by molar-refractivity contribution is 0.292. The first kappa shape index (κ1) is 16.5. The van der Waals surface area contributed by atoms with Gasteiger partial charge in [0.05, 0.1) is 0 Å². The molecule has 112 valence electrons. The van der Waals surface area contributed by atoms with Crippen molar-refractivity contribution in [1.82, 2.24) is 0 Å². The maximum Gasteiger partial charge on any atom is 0.265 e. The largest absolute Gasteiger partial charge is 0.487 e. The van der Waals surface area contributed by atoms with E-state index >= 15 is 0 Å². The minimum absolute atomic E-state index is 0.0109. The van der Waals surface area contributed by atoms with E-state index in [1.54, 1.807) is 6.07 Å². The minimum atomic E-state index is -4.02. The molecule has 0 unspecified atom stereocenters. The first-order valence-electron chi connectivity index (χ1n) is 5.58. The predicted molar refractivity (Wildman–Crippen MR) is 82.9 cm³/mol. The molecule has 0 bridgehead atoms. The highest BCUT2D eigenvalue weighted by Crippen LogP contribution is 2.30. The smallest absolute Gasteiger partial charge is 0.265 e. The van der Waals surface area contributed by atoms with Crippen LogP contribution in [0.1, 0.15) is 5.56 Å². The zero-order chi connectivity index (χ0) is 15.6. The molecule has 3 nitrogen and oxygen atoms in total. The molecule has 0 saturated carbocycles. The summed E-state index contributed by atoms with van der Waals surface area (Å²) in [5, 5.41) is 0.205. The van der Waals surface area contributed by atoms with Crippen LogP contribution in [-0.2, 0) is 15.7 Å². The SMILES string of the molecule is O=S(=O)(Cl)c1cc(Cl)ccc1OCc1ccc(Br)cc1F. The van der Waals surface area contributed by atoms with E-state index in [1.165, 1.54) is 30.3 Å². The average Bonchev–Trinajstić information content (AvgIpc) is 2.38. The van der Waals surface area contributed by atoms with Gasteiger partial charge in [-0.05, 0) is 30.3 Å². The maximum absolute atomic E-state index is 13.7. The summed E-state index contributed by atoms with van der Waals surface area (Å²) in [7, 11) is 1.31. The van der Waals surface area contributed by atoms with E-state index in [0.29, 0.717) is 4.47 Å². The van der Waals surface area contributed by atoms with Crippen LogP contribution >= 0.6 is 38.2 Å². The molecule has 0 amide bonds. The Bertz CT molecular complexity index is 781. The third kappa shape index (κ3) is 4.32. The highest BCUT2D eigenvalue weighted by molar-refractivity contribution is 9.10. The normalized spacial score (nSPS) is 11.4. The van der Waals surface area contributed by atoms with Crippen LogP contribution < -0.4 is 4.74 Å². The summed E-state index contributed by atoms with van der Waals surface area (Å²) in [6.07, 6.45) is 0. The summed E-state index contributed by atoms with van der Waals surface area (Å²) < 4.78 is 42.6. The van der Waals surface area contributed by atoms with Gasteiger partial charge in [-0.2, -0.15) is 0 Å². The highest BCUT2D eigenvalue weighted by atomic mass is 79.9. The summed E-state index contributed by atoms with van der Waals surface area (Å²) in [5.41, 5.74) is 0.283. The van der Waals surface area contributed by atoms with Gasteiger partial charge in [0.1, 0.15) is 23.1 Å². The van der Waals surface area contributed by atoms with Gasteiger partial charge in [-0.1, -0.05) is 33.6 Å². The van der Waals surface area contributed by atoms with Gasteiger partial charge in [-0.3, -0.25) is 0 Å². The van der Waals surface area contributed by atoms with E-state index in [9.17, 15) is 12.8 Å². The maximum atomic E-state index is 13.7. The molecular weight excluding hydrogens is 406 g/mol. The number of rotatable bonds is 4. The lowest BCUT2D eigenvalue weighted by atomic mass is 10.2. The average molecular weight is 414 g/mol. The summed E-state index contributed by atoms with van der Waals surface area (Å²) in [5.74, 6) is -0.453. The topological polar surface area (TPSA) is 43.4 Å². The van der Waals surface area contributed by atoms with Crippen molar-refractivity contribution in [3.05, 3.63) is 57.3 Å². The lowest BCUT2D eigenvalue weighted by Crippen LogP contribution is -2.02. The molecule has 0 aromatic heterocycles. The molecule has 0 spiro atoms. The van der Waals surface area contributed by atoms with E-state index in [4.69, 9.17) is 27.0 Å². The van der Waals surface area contributed by atoms with Crippen LogP contribution in [0.4, 0.5) is 4.39 Å². The second-order valence-electron chi connectivity index (χ2n) is 4.05. The number of benzene rings is 2. The Kier molecular flexibility index (Phi) is 5.14. The van der Waals surface area contributed by atoms with Gasteiger partial charge < -0.3 is 4.74 Å². The fourth-order valence-electron chi connectivity index (χ4n) is 1.59.